The highest BCUT2D eigenvalue weighted by atomic mass is 127. The van der Waals surface area contributed by atoms with E-state index in [1.165, 1.54) is 20.0 Å². The van der Waals surface area contributed by atoms with Gasteiger partial charge in [-0.2, -0.15) is 0 Å². The minimum Gasteiger partial charge on any atom is -0.497 e. The molecule has 1 saturated carbocycles. The number of carbonyl (C=O) groups excluding carboxylic acids is 1. The molecule has 7 nitrogen and oxygen atoms in total. The Morgan fingerprint density at radius 3 is 2.48 bits per heavy atom. The molecule has 1 aromatic rings. The van der Waals surface area contributed by atoms with E-state index in [1.54, 1.807) is 7.11 Å². The van der Waals surface area contributed by atoms with Crippen molar-refractivity contribution in [3.05, 3.63) is 23.8 Å². The summed E-state index contributed by atoms with van der Waals surface area (Å²) in [6.45, 7) is 4.98. The fraction of sp³-hybridized carbons (Fsp3) is 0.652. The second-order valence-corrected chi connectivity index (χ2v) is 7.95. The van der Waals surface area contributed by atoms with Crippen LogP contribution in [0.3, 0.4) is 0 Å². The van der Waals surface area contributed by atoms with Crippen molar-refractivity contribution in [3.8, 4) is 11.5 Å². The van der Waals surface area contributed by atoms with E-state index in [1.807, 2.05) is 18.2 Å². The molecule has 0 aromatic heterocycles. The molecule has 0 amide bonds. The highest BCUT2D eigenvalue weighted by molar-refractivity contribution is 14.0. The Balaban J connectivity index is 0.00000341. The molecule has 0 atom stereocenters. The fourth-order valence-corrected chi connectivity index (χ4v) is 4.17. The van der Waals surface area contributed by atoms with Crippen molar-refractivity contribution < 1.29 is 19.0 Å². The third-order valence-corrected chi connectivity index (χ3v) is 5.93. The maximum absolute atomic E-state index is 11.8. The van der Waals surface area contributed by atoms with Crippen molar-refractivity contribution in [2.24, 2.45) is 10.9 Å². The van der Waals surface area contributed by atoms with Gasteiger partial charge in [0.2, 0.25) is 0 Å². The number of methoxy groups -OCH3 is 2. The van der Waals surface area contributed by atoms with Gasteiger partial charge in [-0.15, -0.1) is 24.0 Å². The predicted molar refractivity (Wildman–Crippen MR) is 132 cm³/mol. The molecule has 2 aliphatic rings. The second kappa shape index (κ2) is 13.0. The summed E-state index contributed by atoms with van der Waals surface area (Å²) in [6.07, 6.45) is 6.54. The topological polar surface area (TPSA) is 72.4 Å². The van der Waals surface area contributed by atoms with Gasteiger partial charge in [-0.3, -0.25) is 4.79 Å². The number of piperidine rings is 1. The van der Waals surface area contributed by atoms with E-state index in [-0.39, 0.29) is 42.0 Å². The van der Waals surface area contributed by atoms with Crippen molar-refractivity contribution >= 4 is 35.9 Å². The van der Waals surface area contributed by atoms with Crippen LogP contribution in [0.25, 0.3) is 0 Å². The Labute approximate surface area is 202 Å². The van der Waals surface area contributed by atoms with Crippen molar-refractivity contribution in [3.63, 3.8) is 0 Å². The van der Waals surface area contributed by atoms with Crippen LogP contribution < -0.4 is 14.8 Å². The number of halogens is 1. The van der Waals surface area contributed by atoms with Crippen molar-refractivity contribution in [1.82, 2.24) is 10.2 Å². The van der Waals surface area contributed by atoms with Gasteiger partial charge in [0.15, 0.2) is 5.96 Å². The van der Waals surface area contributed by atoms with Gasteiger partial charge in [-0.1, -0.05) is 0 Å². The SMILES string of the molecule is CCNC(=NCc1ccc(OC)cc1OC1CCCC1)N1CCC(C(=O)OC)CC1.I. The van der Waals surface area contributed by atoms with Crippen LogP contribution in [0.1, 0.15) is 51.0 Å². The van der Waals surface area contributed by atoms with Gasteiger partial charge < -0.3 is 24.4 Å². The molecular weight excluding hydrogens is 509 g/mol. The molecule has 174 valence electrons. The number of carbonyl (C=O) groups is 1. The van der Waals surface area contributed by atoms with E-state index < -0.39 is 0 Å². The Bertz CT molecular complexity index is 730. The first-order valence-corrected chi connectivity index (χ1v) is 11.1. The standard InChI is InChI=1S/C23H35N3O4.HI/c1-4-24-23(26-13-11-17(12-14-26)22(27)29-3)25-16-18-9-10-20(28-2)15-21(18)30-19-7-5-6-8-19;/h9-10,15,17,19H,4-8,11-14,16H2,1-3H3,(H,24,25);1H. The minimum atomic E-state index is -0.108. The number of nitrogens with one attached hydrogen (secondary N) is 1. The van der Waals surface area contributed by atoms with E-state index in [9.17, 15) is 4.79 Å². The molecular formula is C23H36IN3O4. The van der Waals surface area contributed by atoms with Crippen LogP contribution in [0, 0.1) is 5.92 Å². The Morgan fingerprint density at radius 2 is 1.87 bits per heavy atom. The van der Waals surface area contributed by atoms with Crippen LogP contribution in [0.2, 0.25) is 0 Å². The van der Waals surface area contributed by atoms with E-state index >= 15 is 0 Å². The number of nitrogens with zero attached hydrogens (tertiary/aromatic N) is 2. The number of benzene rings is 1. The maximum atomic E-state index is 11.8. The predicted octanol–water partition coefficient (Wildman–Crippen LogP) is 3.99. The molecule has 0 bridgehead atoms. The number of ether oxygens (including phenoxy) is 3. The quantitative estimate of drug-likeness (QED) is 0.242. The first-order chi connectivity index (χ1) is 14.6. The van der Waals surface area contributed by atoms with Gasteiger partial charge in [0.25, 0.3) is 0 Å². The van der Waals surface area contributed by atoms with Crippen LogP contribution >= 0.6 is 24.0 Å². The summed E-state index contributed by atoms with van der Waals surface area (Å²) in [4.78, 5) is 18.9. The van der Waals surface area contributed by atoms with Gasteiger partial charge in [-0.25, -0.2) is 4.99 Å². The highest BCUT2D eigenvalue weighted by Crippen LogP contribution is 2.30. The lowest BCUT2D eigenvalue weighted by Crippen LogP contribution is -2.46. The summed E-state index contributed by atoms with van der Waals surface area (Å²) in [5, 5.41) is 3.39. The molecule has 1 aliphatic carbocycles. The number of guanidine groups is 1. The van der Waals surface area contributed by atoms with Crippen LogP contribution in [0.5, 0.6) is 11.5 Å². The lowest BCUT2D eigenvalue weighted by Gasteiger charge is -2.33. The van der Waals surface area contributed by atoms with E-state index in [0.29, 0.717) is 6.54 Å². The molecule has 0 radical (unpaired) electrons. The third-order valence-electron chi connectivity index (χ3n) is 5.93. The first kappa shape index (κ1) is 25.5. The number of hydrogen-bond donors (Lipinski definition) is 1. The van der Waals surface area contributed by atoms with Gasteiger partial charge in [-0.05, 0) is 57.6 Å². The van der Waals surface area contributed by atoms with Gasteiger partial charge >= 0.3 is 5.97 Å². The summed E-state index contributed by atoms with van der Waals surface area (Å²) in [6, 6.07) is 5.97. The number of likely N-dealkylation sites (tertiary alicyclic amines) is 1. The lowest BCUT2D eigenvalue weighted by molar-refractivity contribution is -0.146. The molecule has 1 aromatic carbocycles. The van der Waals surface area contributed by atoms with Crippen LogP contribution in [-0.2, 0) is 16.1 Å². The van der Waals surface area contributed by atoms with Crippen molar-refractivity contribution in [2.45, 2.75) is 58.1 Å². The van der Waals surface area contributed by atoms with E-state index in [0.717, 1.165) is 68.3 Å². The summed E-state index contributed by atoms with van der Waals surface area (Å²) < 4.78 is 16.6. The monoisotopic (exact) mass is 545 g/mol. The molecule has 2 fully saturated rings. The van der Waals surface area contributed by atoms with Crippen molar-refractivity contribution in [1.29, 1.82) is 0 Å². The zero-order valence-corrected chi connectivity index (χ0v) is 21.2. The maximum Gasteiger partial charge on any atom is 0.308 e. The van der Waals surface area contributed by atoms with Gasteiger partial charge in [0.1, 0.15) is 11.5 Å². The smallest absolute Gasteiger partial charge is 0.308 e. The van der Waals surface area contributed by atoms with Gasteiger partial charge in [0.05, 0.1) is 32.8 Å². The lowest BCUT2D eigenvalue weighted by atomic mass is 9.97. The van der Waals surface area contributed by atoms with E-state index in [4.69, 9.17) is 19.2 Å². The molecule has 1 N–H and O–H groups in total. The third kappa shape index (κ3) is 7.15. The van der Waals surface area contributed by atoms with Crippen molar-refractivity contribution in [2.75, 3.05) is 33.9 Å². The van der Waals surface area contributed by atoms with Crippen LogP contribution in [0.4, 0.5) is 0 Å². The molecule has 8 heteroatoms. The first-order valence-electron chi connectivity index (χ1n) is 11.1. The average molecular weight is 545 g/mol. The molecule has 0 unspecified atom stereocenters. The largest absolute Gasteiger partial charge is 0.497 e. The zero-order chi connectivity index (χ0) is 21.3. The van der Waals surface area contributed by atoms with E-state index in [2.05, 4.69) is 17.1 Å². The minimum absolute atomic E-state index is 0. The average Bonchev–Trinajstić information content (AvgIpc) is 3.30. The Kier molecular flexibility index (Phi) is 10.7. The second-order valence-electron chi connectivity index (χ2n) is 7.95. The molecule has 1 saturated heterocycles. The van der Waals surface area contributed by atoms with Crippen LogP contribution in [0.15, 0.2) is 23.2 Å². The Morgan fingerprint density at radius 1 is 1.16 bits per heavy atom. The summed E-state index contributed by atoms with van der Waals surface area (Å²) >= 11 is 0. The summed E-state index contributed by atoms with van der Waals surface area (Å²) in [7, 11) is 3.13. The normalized spacial score (nSPS) is 17.8. The molecule has 1 aliphatic heterocycles. The van der Waals surface area contributed by atoms with Gasteiger partial charge in [0, 0.05) is 31.3 Å². The zero-order valence-electron chi connectivity index (χ0n) is 18.9. The molecule has 3 rings (SSSR count). The number of hydrogen-bond acceptors (Lipinski definition) is 5. The number of aliphatic imine (C=N–C) groups is 1. The Hall–Kier alpha value is -1.71. The number of esters is 1. The number of rotatable bonds is 7. The molecule has 1 heterocycles. The highest BCUT2D eigenvalue weighted by Gasteiger charge is 2.27. The summed E-state index contributed by atoms with van der Waals surface area (Å²) in [5.74, 6) is 2.42. The van der Waals surface area contributed by atoms with Crippen LogP contribution in [-0.4, -0.2) is 56.8 Å². The molecule has 0 spiro atoms. The summed E-state index contributed by atoms with van der Waals surface area (Å²) in [5.41, 5.74) is 1.06. The fourth-order valence-electron chi connectivity index (χ4n) is 4.17. The molecule has 31 heavy (non-hydrogen) atoms.